The number of carbonyl (C=O) groups is 3. The lowest BCUT2D eigenvalue weighted by atomic mass is 9.77. The molecule has 2 fully saturated rings. The van der Waals surface area contributed by atoms with Gasteiger partial charge in [0.05, 0.1) is 13.2 Å². The third kappa shape index (κ3) is 7.36. The molecule has 0 bridgehead atoms. The SMILES string of the molecule is C=CCNC(=O)C(ON1C(C)(C)CC2(CC1(C)C)OCC(C)(COC(C)=O)CO2)C(=O)NCC=C. The summed E-state index contributed by atoms with van der Waals surface area (Å²) >= 11 is 0. The number of nitrogens with one attached hydrogen (secondary N) is 2. The molecule has 2 amide bonds. The fourth-order valence-corrected chi connectivity index (χ4v) is 4.74. The van der Waals surface area contributed by atoms with E-state index in [0.717, 1.165) is 0 Å². The Kier molecular flexibility index (Phi) is 9.27. The first-order chi connectivity index (χ1) is 16.2. The predicted molar refractivity (Wildman–Crippen MR) is 130 cm³/mol. The van der Waals surface area contributed by atoms with E-state index >= 15 is 0 Å². The maximum absolute atomic E-state index is 12.8. The molecule has 2 aliphatic rings. The molecule has 2 heterocycles. The zero-order chi connectivity index (χ0) is 26.5. The third-order valence-corrected chi connectivity index (χ3v) is 6.02. The average Bonchev–Trinajstić information content (AvgIpc) is 2.75. The minimum Gasteiger partial charge on any atom is -0.465 e. The molecule has 198 valence electrons. The number of amides is 2. The molecule has 0 atom stereocenters. The Bertz CT molecular complexity index is 772. The van der Waals surface area contributed by atoms with Gasteiger partial charge in [-0.1, -0.05) is 19.1 Å². The van der Waals surface area contributed by atoms with Crippen LogP contribution in [0.25, 0.3) is 0 Å². The number of carbonyl (C=O) groups excluding carboxylic acids is 3. The number of hydrogen-bond donors (Lipinski definition) is 2. The number of piperidine rings is 1. The fraction of sp³-hybridized carbons (Fsp3) is 0.720. The van der Waals surface area contributed by atoms with E-state index in [1.165, 1.54) is 19.1 Å². The average molecular weight is 496 g/mol. The van der Waals surface area contributed by atoms with E-state index in [4.69, 9.17) is 19.0 Å². The summed E-state index contributed by atoms with van der Waals surface area (Å²) in [6.45, 7) is 19.7. The smallest absolute Gasteiger partial charge is 0.302 e. The first-order valence-corrected chi connectivity index (χ1v) is 11.8. The summed E-state index contributed by atoms with van der Waals surface area (Å²) < 4.78 is 17.8. The van der Waals surface area contributed by atoms with E-state index in [1.807, 2.05) is 34.6 Å². The van der Waals surface area contributed by atoms with Crippen molar-refractivity contribution in [3.63, 3.8) is 0 Å². The van der Waals surface area contributed by atoms with Crippen molar-refractivity contribution >= 4 is 17.8 Å². The van der Waals surface area contributed by atoms with Crippen LogP contribution in [0.5, 0.6) is 0 Å². The maximum atomic E-state index is 12.8. The summed E-state index contributed by atoms with van der Waals surface area (Å²) in [5.74, 6) is -2.36. The molecular formula is C25H41N3O7. The van der Waals surface area contributed by atoms with Crippen LogP contribution >= 0.6 is 0 Å². The van der Waals surface area contributed by atoms with E-state index < -0.39 is 40.2 Å². The summed E-state index contributed by atoms with van der Waals surface area (Å²) in [5, 5.41) is 6.98. The molecular weight excluding hydrogens is 454 g/mol. The molecule has 0 aliphatic carbocycles. The first kappa shape index (κ1) is 29.0. The Hall–Kier alpha value is -2.27. The molecule has 10 heteroatoms. The van der Waals surface area contributed by atoms with Gasteiger partial charge in [0.1, 0.15) is 6.61 Å². The maximum Gasteiger partial charge on any atom is 0.302 e. The summed E-state index contributed by atoms with van der Waals surface area (Å²) in [6, 6.07) is 0. The lowest BCUT2D eigenvalue weighted by molar-refractivity contribution is -0.385. The van der Waals surface area contributed by atoms with Crippen molar-refractivity contribution in [2.45, 2.75) is 77.4 Å². The van der Waals surface area contributed by atoms with Crippen molar-refractivity contribution in [3.8, 4) is 0 Å². The quantitative estimate of drug-likeness (QED) is 0.268. The van der Waals surface area contributed by atoms with Gasteiger partial charge in [0.25, 0.3) is 11.8 Å². The molecule has 1 spiro atoms. The van der Waals surface area contributed by atoms with Crippen LogP contribution in [-0.4, -0.2) is 78.7 Å². The van der Waals surface area contributed by atoms with Gasteiger partial charge >= 0.3 is 5.97 Å². The highest BCUT2D eigenvalue weighted by Gasteiger charge is 2.58. The van der Waals surface area contributed by atoms with Crippen LogP contribution in [0.3, 0.4) is 0 Å². The second-order valence-electron chi connectivity index (χ2n) is 10.9. The summed E-state index contributed by atoms with van der Waals surface area (Å²) in [6.07, 6.45) is 2.53. The summed E-state index contributed by atoms with van der Waals surface area (Å²) in [7, 11) is 0. The lowest BCUT2D eigenvalue weighted by Crippen LogP contribution is -2.69. The number of esters is 1. The predicted octanol–water partition coefficient (Wildman–Crippen LogP) is 1.86. The van der Waals surface area contributed by atoms with Crippen LogP contribution in [0.1, 0.15) is 54.4 Å². The van der Waals surface area contributed by atoms with Gasteiger partial charge in [-0.25, -0.2) is 0 Å². The van der Waals surface area contributed by atoms with Crippen LogP contribution in [0, 0.1) is 5.41 Å². The van der Waals surface area contributed by atoms with Crippen molar-refractivity contribution < 1.29 is 33.4 Å². The molecule has 0 radical (unpaired) electrons. The Labute approximate surface area is 208 Å². The van der Waals surface area contributed by atoms with E-state index in [1.54, 1.807) is 5.06 Å². The highest BCUT2D eigenvalue weighted by atomic mass is 16.7. The molecule has 10 nitrogen and oxygen atoms in total. The first-order valence-electron chi connectivity index (χ1n) is 11.8. The van der Waals surface area contributed by atoms with Gasteiger partial charge in [-0.3, -0.25) is 19.2 Å². The molecule has 0 aromatic rings. The van der Waals surface area contributed by atoms with Gasteiger partial charge in [-0.15, -0.1) is 13.2 Å². The summed E-state index contributed by atoms with van der Waals surface area (Å²) in [4.78, 5) is 43.0. The molecule has 0 aromatic heterocycles. The standard InChI is InChI=1S/C25H41N3O7/c1-9-11-26-20(30)19(21(31)27-12-10-2)35-28-22(4,5)13-25(14-23(28,6)7)33-16-24(8,17-34-25)15-32-18(3)29/h9-10,19H,1-2,11-17H2,3-8H3,(H,26,30)(H,27,31). The molecule has 2 saturated heterocycles. The van der Waals surface area contributed by atoms with Gasteiger partial charge in [0.2, 0.25) is 6.10 Å². The van der Waals surface area contributed by atoms with Crippen molar-refractivity contribution in [1.29, 1.82) is 0 Å². The third-order valence-electron chi connectivity index (χ3n) is 6.02. The highest BCUT2D eigenvalue weighted by molar-refractivity contribution is 6.03. The second-order valence-corrected chi connectivity index (χ2v) is 10.9. The molecule has 2 aliphatic heterocycles. The minimum atomic E-state index is -1.40. The normalized spacial score (nSPS) is 22.3. The van der Waals surface area contributed by atoms with Gasteiger partial charge in [-0.05, 0) is 27.7 Å². The van der Waals surface area contributed by atoms with Crippen molar-refractivity contribution in [3.05, 3.63) is 25.3 Å². The number of hydrogen-bond acceptors (Lipinski definition) is 8. The topological polar surface area (TPSA) is 115 Å². The van der Waals surface area contributed by atoms with E-state index in [0.29, 0.717) is 26.1 Å². The molecule has 35 heavy (non-hydrogen) atoms. The molecule has 0 unspecified atom stereocenters. The Balaban J connectivity index is 2.21. The van der Waals surface area contributed by atoms with Crippen molar-refractivity contribution in [1.82, 2.24) is 15.7 Å². The Morgan fingerprint density at radius 1 is 0.943 bits per heavy atom. The zero-order valence-electron chi connectivity index (χ0n) is 21.9. The second kappa shape index (κ2) is 11.2. The minimum absolute atomic E-state index is 0.205. The van der Waals surface area contributed by atoms with Crippen LogP contribution in [-0.2, 0) is 33.4 Å². The van der Waals surface area contributed by atoms with Crippen LogP contribution in [0.15, 0.2) is 25.3 Å². The number of hydroxylamine groups is 2. The number of rotatable bonds is 10. The zero-order valence-corrected chi connectivity index (χ0v) is 21.9. The molecule has 0 aromatic carbocycles. The van der Waals surface area contributed by atoms with Gasteiger partial charge in [0, 0.05) is 49.3 Å². The van der Waals surface area contributed by atoms with Gasteiger partial charge < -0.3 is 24.8 Å². The van der Waals surface area contributed by atoms with E-state index in [-0.39, 0.29) is 25.7 Å². The summed E-state index contributed by atoms with van der Waals surface area (Å²) in [5.41, 5.74) is -1.78. The van der Waals surface area contributed by atoms with Crippen LogP contribution < -0.4 is 10.6 Å². The number of nitrogens with zero attached hydrogens (tertiary/aromatic N) is 1. The highest BCUT2D eigenvalue weighted by Crippen LogP contribution is 2.49. The van der Waals surface area contributed by atoms with Gasteiger partial charge in [-0.2, -0.15) is 5.06 Å². The molecule has 0 saturated carbocycles. The van der Waals surface area contributed by atoms with Crippen molar-refractivity contribution in [2.24, 2.45) is 5.41 Å². The number of ether oxygens (including phenoxy) is 3. The fourth-order valence-electron chi connectivity index (χ4n) is 4.74. The molecule has 2 rings (SSSR count). The molecule has 2 N–H and O–H groups in total. The van der Waals surface area contributed by atoms with Crippen LogP contribution in [0.4, 0.5) is 0 Å². The van der Waals surface area contributed by atoms with E-state index in [9.17, 15) is 14.4 Å². The van der Waals surface area contributed by atoms with Crippen molar-refractivity contribution in [2.75, 3.05) is 32.9 Å². The lowest BCUT2D eigenvalue weighted by Gasteiger charge is -2.59. The monoisotopic (exact) mass is 495 g/mol. The van der Waals surface area contributed by atoms with Crippen LogP contribution in [0.2, 0.25) is 0 Å². The largest absolute Gasteiger partial charge is 0.465 e. The Morgan fingerprint density at radius 3 is 1.80 bits per heavy atom. The van der Waals surface area contributed by atoms with E-state index in [2.05, 4.69) is 23.8 Å². The Morgan fingerprint density at radius 2 is 1.40 bits per heavy atom. The van der Waals surface area contributed by atoms with Gasteiger partial charge in [0.15, 0.2) is 5.79 Å².